The Morgan fingerprint density at radius 2 is 1.93 bits per heavy atom. The lowest BCUT2D eigenvalue weighted by Gasteiger charge is -2.34. The second-order valence-electron chi connectivity index (χ2n) is 12.4. The van der Waals surface area contributed by atoms with Crippen molar-refractivity contribution in [1.29, 1.82) is 0 Å². The van der Waals surface area contributed by atoms with Crippen LogP contribution in [0.15, 0.2) is 35.1 Å². The minimum Gasteiger partial charge on any atom is -0.386 e. The SMILES string of the molecule is Cc1noc([C@H]2C[C@@H]2C(=O)NCc2ccc(-c3cncc(C(C)(C)O)c3)c3c2CN(C(=O)NC(C)(C)C)CC3)n1. The van der Waals surface area contributed by atoms with Crippen LogP contribution in [-0.2, 0) is 29.9 Å². The number of nitrogens with zero attached hydrogens (tertiary/aromatic N) is 4. The Labute approximate surface area is 234 Å². The number of rotatable bonds is 6. The summed E-state index contributed by atoms with van der Waals surface area (Å²) in [6.45, 7) is 12.5. The second kappa shape index (κ2) is 10.3. The van der Waals surface area contributed by atoms with Gasteiger partial charge < -0.3 is 25.2 Å². The number of carbonyl (C=O) groups is 2. The third-order valence-corrected chi connectivity index (χ3v) is 7.47. The molecule has 0 saturated heterocycles. The molecule has 0 unspecified atom stereocenters. The van der Waals surface area contributed by atoms with Gasteiger partial charge >= 0.3 is 6.03 Å². The molecular weight excluding hydrogens is 508 g/mol. The average Bonchev–Trinajstić information content (AvgIpc) is 3.58. The van der Waals surface area contributed by atoms with E-state index in [1.165, 1.54) is 0 Å². The summed E-state index contributed by atoms with van der Waals surface area (Å²) in [5.41, 5.74) is 4.43. The molecule has 10 nitrogen and oxygen atoms in total. The fourth-order valence-corrected chi connectivity index (χ4v) is 5.21. The van der Waals surface area contributed by atoms with Gasteiger partial charge in [-0.25, -0.2) is 4.79 Å². The maximum absolute atomic E-state index is 13.1. The van der Waals surface area contributed by atoms with Crippen LogP contribution in [0.3, 0.4) is 0 Å². The maximum atomic E-state index is 13.1. The molecule has 212 valence electrons. The van der Waals surface area contributed by atoms with E-state index in [2.05, 4.69) is 31.8 Å². The van der Waals surface area contributed by atoms with Crippen LogP contribution >= 0.6 is 0 Å². The van der Waals surface area contributed by atoms with Gasteiger partial charge in [-0.3, -0.25) is 9.78 Å². The first-order chi connectivity index (χ1) is 18.8. The summed E-state index contributed by atoms with van der Waals surface area (Å²) in [6, 6.07) is 5.93. The average molecular weight is 547 g/mol. The first-order valence-corrected chi connectivity index (χ1v) is 13.8. The predicted molar refractivity (Wildman–Crippen MR) is 149 cm³/mol. The molecule has 3 N–H and O–H groups in total. The Morgan fingerprint density at radius 3 is 2.60 bits per heavy atom. The molecule has 1 aromatic carbocycles. The quantitative estimate of drug-likeness (QED) is 0.426. The van der Waals surface area contributed by atoms with Crippen LogP contribution in [0.25, 0.3) is 11.1 Å². The highest BCUT2D eigenvalue weighted by molar-refractivity contribution is 5.82. The molecule has 5 rings (SSSR count). The number of urea groups is 1. The Morgan fingerprint density at radius 1 is 1.15 bits per heavy atom. The molecule has 2 aromatic heterocycles. The highest BCUT2D eigenvalue weighted by atomic mass is 16.5. The Hall–Kier alpha value is -3.79. The van der Waals surface area contributed by atoms with E-state index in [-0.39, 0.29) is 29.3 Å². The van der Waals surface area contributed by atoms with E-state index in [0.29, 0.717) is 44.2 Å². The highest BCUT2D eigenvalue weighted by Gasteiger charge is 2.47. The van der Waals surface area contributed by atoms with E-state index in [0.717, 1.165) is 33.4 Å². The van der Waals surface area contributed by atoms with Crippen LogP contribution in [0.1, 0.15) is 80.9 Å². The van der Waals surface area contributed by atoms with Crippen molar-refractivity contribution in [2.75, 3.05) is 6.54 Å². The van der Waals surface area contributed by atoms with Crippen LogP contribution in [0, 0.1) is 12.8 Å². The van der Waals surface area contributed by atoms with Crippen molar-refractivity contribution >= 4 is 11.9 Å². The molecule has 0 bridgehead atoms. The van der Waals surface area contributed by atoms with Gasteiger partial charge in [0, 0.05) is 48.7 Å². The fourth-order valence-electron chi connectivity index (χ4n) is 5.21. The van der Waals surface area contributed by atoms with E-state index >= 15 is 0 Å². The monoisotopic (exact) mass is 546 g/mol. The maximum Gasteiger partial charge on any atom is 0.318 e. The Kier molecular flexibility index (Phi) is 7.16. The predicted octanol–water partition coefficient (Wildman–Crippen LogP) is 3.95. The number of benzene rings is 1. The molecule has 10 heteroatoms. The van der Waals surface area contributed by atoms with Gasteiger partial charge in [0.1, 0.15) is 0 Å². The molecule has 3 aromatic rings. The normalized spacial score (nSPS) is 18.7. The first kappa shape index (κ1) is 27.8. The van der Waals surface area contributed by atoms with Crippen LogP contribution < -0.4 is 10.6 Å². The zero-order valence-corrected chi connectivity index (χ0v) is 24.0. The van der Waals surface area contributed by atoms with Gasteiger partial charge in [0.2, 0.25) is 11.8 Å². The molecule has 3 amide bonds. The number of fused-ring (bicyclic) bond motifs is 1. The molecule has 1 aliphatic heterocycles. The van der Waals surface area contributed by atoms with Crippen molar-refractivity contribution in [3.8, 4) is 11.1 Å². The summed E-state index contributed by atoms with van der Waals surface area (Å²) < 4.78 is 5.25. The van der Waals surface area contributed by atoms with Crippen molar-refractivity contribution in [3.05, 3.63) is 64.6 Å². The molecule has 1 saturated carbocycles. The van der Waals surface area contributed by atoms with Gasteiger partial charge in [-0.2, -0.15) is 4.98 Å². The summed E-state index contributed by atoms with van der Waals surface area (Å²) in [7, 11) is 0. The van der Waals surface area contributed by atoms with Crippen LogP contribution in [0.5, 0.6) is 0 Å². The zero-order valence-electron chi connectivity index (χ0n) is 24.0. The number of pyridine rings is 1. The van der Waals surface area contributed by atoms with Crippen LogP contribution in [-0.4, -0.2) is 49.2 Å². The van der Waals surface area contributed by atoms with E-state index < -0.39 is 5.60 Å². The number of aliphatic hydroxyl groups is 1. The number of carbonyl (C=O) groups excluding carboxylic acids is 2. The van der Waals surface area contributed by atoms with Gasteiger partial charge in [0.25, 0.3) is 0 Å². The minimum atomic E-state index is -1.02. The molecular formula is C30H38N6O4. The molecule has 0 radical (unpaired) electrons. The standard InChI is InChI=1S/C30H38N6O4/c1-17-33-27(40-35-17)24-12-23(24)26(37)32-14-18-7-8-21(19-11-20(15-31-13-19)30(5,6)39)22-9-10-36(16-25(18)22)28(38)34-29(2,3)4/h7-8,11,13,15,23-24,39H,9-10,12,14,16H2,1-6H3,(H,32,37)(H,34,38)/t23-,24-/m0/s1. The molecule has 40 heavy (non-hydrogen) atoms. The summed E-state index contributed by atoms with van der Waals surface area (Å²) in [5, 5.41) is 20.5. The third-order valence-electron chi connectivity index (χ3n) is 7.47. The van der Waals surface area contributed by atoms with E-state index in [1.54, 1.807) is 33.2 Å². The van der Waals surface area contributed by atoms with Gasteiger partial charge in [-0.1, -0.05) is 17.3 Å². The number of hydrogen-bond donors (Lipinski definition) is 3. The molecule has 0 spiro atoms. The van der Waals surface area contributed by atoms with E-state index in [9.17, 15) is 14.7 Å². The summed E-state index contributed by atoms with van der Waals surface area (Å²) in [5.74, 6) is 0.820. The number of nitrogens with one attached hydrogen (secondary N) is 2. The largest absolute Gasteiger partial charge is 0.386 e. The topological polar surface area (TPSA) is 133 Å². The van der Waals surface area contributed by atoms with Gasteiger partial charge in [-0.15, -0.1) is 0 Å². The lowest BCUT2D eigenvalue weighted by Crippen LogP contribution is -2.50. The van der Waals surface area contributed by atoms with E-state index in [1.807, 2.05) is 37.8 Å². The molecule has 2 aliphatic rings. The van der Waals surface area contributed by atoms with Crippen molar-refractivity contribution in [2.24, 2.45) is 5.92 Å². The number of amides is 3. The van der Waals surface area contributed by atoms with Crippen LogP contribution in [0.2, 0.25) is 0 Å². The lowest BCUT2D eigenvalue weighted by atomic mass is 9.87. The zero-order chi connectivity index (χ0) is 28.8. The molecule has 1 aliphatic carbocycles. The Balaban J connectivity index is 1.41. The fraction of sp³-hybridized carbons (Fsp3) is 0.500. The summed E-state index contributed by atoms with van der Waals surface area (Å²) >= 11 is 0. The Bertz CT molecular complexity index is 1430. The van der Waals surface area contributed by atoms with Crippen LogP contribution in [0.4, 0.5) is 4.79 Å². The van der Waals surface area contributed by atoms with E-state index in [4.69, 9.17) is 4.52 Å². The van der Waals surface area contributed by atoms with Gasteiger partial charge in [0.05, 0.1) is 17.4 Å². The number of hydrogen-bond acceptors (Lipinski definition) is 7. The molecule has 3 heterocycles. The lowest BCUT2D eigenvalue weighted by molar-refractivity contribution is -0.122. The third kappa shape index (κ3) is 6.01. The molecule has 2 atom stereocenters. The number of aromatic nitrogens is 3. The van der Waals surface area contributed by atoms with Gasteiger partial charge in [0.15, 0.2) is 5.82 Å². The van der Waals surface area contributed by atoms with Crippen molar-refractivity contribution in [1.82, 2.24) is 30.7 Å². The number of aryl methyl sites for hydroxylation is 1. The van der Waals surface area contributed by atoms with Gasteiger partial charge in [-0.05, 0) is 82.7 Å². The van der Waals surface area contributed by atoms with Crippen molar-refractivity contribution in [2.45, 2.75) is 84.5 Å². The summed E-state index contributed by atoms with van der Waals surface area (Å²) in [6.07, 6.45) is 4.84. The molecule has 1 fully saturated rings. The smallest absolute Gasteiger partial charge is 0.318 e. The van der Waals surface area contributed by atoms with Crippen molar-refractivity contribution < 1.29 is 19.2 Å². The minimum absolute atomic E-state index is 0.0374. The summed E-state index contributed by atoms with van der Waals surface area (Å²) in [4.78, 5) is 36.5. The second-order valence-corrected chi connectivity index (χ2v) is 12.4. The van der Waals surface area contributed by atoms with Crippen molar-refractivity contribution in [3.63, 3.8) is 0 Å². The first-order valence-electron chi connectivity index (χ1n) is 13.8. The highest BCUT2D eigenvalue weighted by Crippen LogP contribution is 2.47.